The number of aliphatic imine (C=N–C) groups is 2. The van der Waals surface area contributed by atoms with Crippen LogP contribution >= 0.6 is 22.6 Å². The number of anilines is 2. The molecule has 0 aliphatic carbocycles. The molecule has 0 radical (unpaired) electrons. The van der Waals surface area contributed by atoms with E-state index in [1.54, 1.807) is 0 Å². The van der Waals surface area contributed by atoms with Gasteiger partial charge in [-0.3, -0.25) is 0 Å². The lowest BCUT2D eigenvalue weighted by molar-refractivity contribution is 0.197. The van der Waals surface area contributed by atoms with Crippen molar-refractivity contribution in [1.29, 1.82) is 0 Å². The maximum Gasteiger partial charge on any atom is 0.219 e. The molecule has 6 aromatic rings. The van der Waals surface area contributed by atoms with Crippen LogP contribution in [-0.4, -0.2) is 11.8 Å². The molecule has 48 heavy (non-hydrogen) atoms. The highest BCUT2D eigenvalue weighted by atomic mass is 127. The molecule has 234 valence electrons. The number of hydrogen-bond donors (Lipinski definition) is 1. The summed E-state index contributed by atoms with van der Waals surface area (Å²) in [6.45, 7) is 0. The van der Waals surface area contributed by atoms with Crippen LogP contribution < -0.4 is 5.32 Å². The molecule has 0 fully saturated rings. The van der Waals surface area contributed by atoms with E-state index in [1.807, 2.05) is 60.7 Å². The summed E-state index contributed by atoms with van der Waals surface area (Å²) >= 11 is 2.35. The zero-order valence-corrected chi connectivity index (χ0v) is 28.1. The van der Waals surface area contributed by atoms with E-state index in [2.05, 4.69) is 131 Å². The second-order valence-corrected chi connectivity index (χ2v) is 13.1. The van der Waals surface area contributed by atoms with E-state index in [-0.39, 0.29) is 24.3 Å². The summed E-state index contributed by atoms with van der Waals surface area (Å²) in [5.74, 6) is 1.22. The van der Waals surface area contributed by atoms with Crippen LogP contribution in [0, 0.1) is 3.57 Å². The summed E-state index contributed by atoms with van der Waals surface area (Å²) < 4.78 is 14.6. The minimum atomic E-state index is -0.243. The third-order valence-corrected chi connectivity index (χ3v) is 9.41. The Bertz CT molecular complexity index is 2090. The Morgan fingerprint density at radius 1 is 0.438 bits per heavy atom. The average molecular weight is 738 g/mol. The van der Waals surface area contributed by atoms with Crippen molar-refractivity contribution >= 4 is 45.8 Å². The molecule has 0 aromatic heterocycles. The largest absolute Gasteiger partial charge is 0.467 e. The molecule has 0 bridgehead atoms. The van der Waals surface area contributed by atoms with Gasteiger partial charge in [-0.25, -0.2) is 9.98 Å². The van der Waals surface area contributed by atoms with Crippen LogP contribution in [0.3, 0.4) is 0 Å². The van der Waals surface area contributed by atoms with E-state index in [1.165, 1.54) is 0 Å². The van der Waals surface area contributed by atoms with Gasteiger partial charge in [0.15, 0.2) is 12.2 Å². The Kier molecular flexibility index (Phi) is 8.47. The molecule has 0 amide bonds. The first kappa shape index (κ1) is 30.1. The van der Waals surface area contributed by atoms with Gasteiger partial charge >= 0.3 is 0 Å². The van der Waals surface area contributed by atoms with Gasteiger partial charge in [0, 0.05) is 3.57 Å². The highest BCUT2D eigenvalue weighted by molar-refractivity contribution is 14.1. The summed E-state index contributed by atoms with van der Waals surface area (Å²) in [6.07, 6.45) is -0.482. The lowest BCUT2D eigenvalue weighted by atomic mass is 9.97. The highest BCUT2D eigenvalue weighted by Crippen LogP contribution is 2.44. The predicted molar refractivity (Wildman–Crippen MR) is 201 cm³/mol. The number of benzene rings is 6. The van der Waals surface area contributed by atoms with E-state index >= 15 is 0 Å². The van der Waals surface area contributed by atoms with Crippen molar-refractivity contribution in [2.24, 2.45) is 9.98 Å². The number of hydrogen-bond acceptors (Lipinski definition) is 5. The van der Waals surface area contributed by atoms with Gasteiger partial charge in [-0.2, -0.15) is 0 Å². The van der Waals surface area contributed by atoms with E-state index in [0.717, 1.165) is 48.3 Å². The first-order valence-electron chi connectivity index (χ1n) is 16.1. The average Bonchev–Trinajstić information content (AvgIpc) is 3.80. The monoisotopic (exact) mass is 737 g/mol. The molecule has 4 atom stereocenters. The van der Waals surface area contributed by atoms with Crippen LogP contribution in [0.25, 0.3) is 0 Å². The van der Waals surface area contributed by atoms with Gasteiger partial charge in [0.05, 0.1) is 22.5 Å². The fraction of sp³-hybridized carbons (Fsp3) is 0.0952. The topological polar surface area (TPSA) is 55.2 Å². The van der Waals surface area contributed by atoms with Crippen LogP contribution in [0.4, 0.5) is 11.4 Å². The highest BCUT2D eigenvalue weighted by Gasteiger charge is 2.36. The van der Waals surface area contributed by atoms with Crippen molar-refractivity contribution in [3.8, 4) is 0 Å². The number of para-hydroxylation sites is 1. The first-order valence-corrected chi connectivity index (χ1v) is 17.1. The van der Waals surface area contributed by atoms with E-state index in [0.29, 0.717) is 11.8 Å². The van der Waals surface area contributed by atoms with Crippen LogP contribution in [0.15, 0.2) is 174 Å². The third kappa shape index (κ3) is 6.11. The van der Waals surface area contributed by atoms with Crippen molar-refractivity contribution < 1.29 is 9.47 Å². The lowest BCUT2D eigenvalue weighted by Gasteiger charge is -2.20. The Morgan fingerprint density at radius 2 is 0.854 bits per heavy atom. The first-order chi connectivity index (χ1) is 23.7. The quantitative estimate of drug-likeness (QED) is 0.158. The molecule has 6 aromatic carbocycles. The molecular weight excluding hydrogens is 705 g/mol. The van der Waals surface area contributed by atoms with Crippen LogP contribution in [-0.2, 0) is 9.47 Å². The Balaban J connectivity index is 1.16. The summed E-state index contributed by atoms with van der Waals surface area (Å²) in [5, 5.41) is 3.72. The van der Waals surface area contributed by atoms with Crippen molar-refractivity contribution in [3.05, 3.63) is 201 Å². The van der Waals surface area contributed by atoms with Crippen molar-refractivity contribution in [2.75, 3.05) is 5.32 Å². The minimum Gasteiger partial charge on any atom is -0.467 e. The zero-order valence-electron chi connectivity index (χ0n) is 26.0. The number of nitrogens with zero attached hydrogens (tertiary/aromatic N) is 2. The Morgan fingerprint density at radius 3 is 1.38 bits per heavy atom. The summed E-state index contributed by atoms with van der Waals surface area (Å²) in [4.78, 5) is 10.4. The smallest absolute Gasteiger partial charge is 0.219 e. The van der Waals surface area contributed by atoms with Gasteiger partial charge in [0.1, 0.15) is 12.1 Å². The molecule has 0 spiro atoms. The van der Waals surface area contributed by atoms with Crippen molar-refractivity contribution in [2.45, 2.75) is 24.3 Å². The molecule has 0 saturated heterocycles. The lowest BCUT2D eigenvalue weighted by Crippen LogP contribution is -2.12. The standard InChI is InChI=1S/C42H32IN3O2/c43-32-25-26-36(34(27-32)42-46-38(29-17-7-2-8-18-29)40(48-42)31-21-11-4-12-22-31)44-35-24-14-13-23-33(35)41-45-37(28-15-5-1-6-16-28)39(47-41)30-19-9-3-10-20-30/h1-27,37-40,44H/t37-,38-,39-,40-/m0/s1. The van der Waals surface area contributed by atoms with Gasteiger partial charge < -0.3 is 14.8 Å². The van der Waals surface area contributed by atoms with Crippen LogP contribution in [0.2, 0.25) is 0 Å². The van der Waals surface area contributed by atoms with Gasteiger partial charge in [-0.05, 0) is 75.2 Å². The predicted octanol–water partition coefficient (Wildman–Crippen LogP) is 10.6. The Hall–Kier alpha value is -5.21. The summed E-state index contributed by atoms with van der Waals surface area (Å²) in [7, 11) is 0. The number of nitrogens with one attached hydrogen (secondary N) is 1. The maximum absolute atomic E-state index is 6.75. The normalized spacial score (nSPS) is 19.9. The van der Waals surface area contributed by atoms with E-state index < -0.39 is 0 Å². The van der Waals surface area contributed by atoms with Gasteiger partial charge in [0.2, 0.25) is 11.8 Å². The molecular formula is C42H32IN3O2. The van der Waals surface area contributed by atoms with Crippen LogP contribution in [0.1, 0.15) is 57.7 Å². The van der Waals surface area contributed by atoms with Crippen molar-refractivity contribution in [1.82, 2.24) is 0 Å². The second-order valence-electron chi connectivity index (χ2n) is 11.8. The van der Waals surface area contributed by atoms with Gasteiger partial charge in [-0.1, -0.05) is 133 Å². The molecule has 2 aliphatic rings. The number of halogens is 1. The molecule has 0 saturated carbocycles. The fourth-order valence-electron chi connectivity index (χ4n) is 6.40. The molecule has 1 N–H and O–H groups in total. The number of ether oxygens (including phenoxy) is 2. The molecule has 8 rings (SSSR count). The summed E-state index contributed by atoms with van der Waals surface area (Å²) in [5.41, 5.74) is 7.97. The number of rotatable bonds is 8. The van der Waals surface area contributed by atoms with E-state index in [9.17, 15) is 0 Å². The van der Waals surface area contributed by atoms with Gasteiger partial charge in [0.25, 0.3) is 0 Å². The maximum atomic E-state index is 6.75. The SMILES string of the molecule is Ic1ccc(Nc2ccccc2C2=N[C@@H](c3ccccc3)[C@H](c3ccccc3)O2)c(C2=N[C@@H](c3ccccc3)[C@H](c3ccccc3)O2)c1. The molecule has 2 aliphatic heterocycles. The third-order valence-electron chi connectivity index (χ3n) is 8.74. The fourth-order valence-corrected chi connectivity index (χ4v) is 6.89. The molecule has 5 nitrogen and oxygen atoms in total. The summed E-state index contributed by atoms with van der Waals surface area (Å²) in [6, 6.07) is 55.5. The second kappa shape index (κ2) is 13.5. The molecule has 0 unspecified atom stereocenters. The molecule has 6 heteroatoms. The molecule has 2 heterocycles. The zero-order chi connectivity index (χ0) is 32.3. The Labute approximate surface area is 294 Å². The van der Waals surface area contributed by atoms with Crippen molar-refractivity contribution in [3.63, 3.8) is 0 Å². The van der Waals surface area contributed by atoms with Gasteiger partial charge in [-0.15, -0.1) is 0 Å². The van der Waals surface area contributed by atoms with Crippen LogP contribution in [0.5, 0.6) is 0 Å². The van der Waals surface area contributed by atoms with E-state index in [4.69, 9.17) is 19.5 Å². The minimum absolute atomic E-state index is 0.170.